The molecule has 2 unspecified atom stereocenters. The van der Waals surface area contributed by atoms with E-state index in [4.69, 9.17) is 0 Å². The summed E-state index contributed by atoms with van der Waals surface area (Å²) in [5.41, 5.74) is 0.700. The van der Waals surface area contributed by atoms with Crippen LogP contribution in [0.15, 0.2) is 29.3 Å². The Balaban J connectivity index is 0.00000261. The average molecular weight is 499 g/mol. The first-order chi connectivity index (χ1) is 12.4. The summed E-state index contributed by atoms with van der Waals surface area (Å²) < 4.78 is 52.2. The number of aliphatic imine (C=N–C) groups is 1. The minimum Gasteiger partial charge on any atom is -0.354 e. The predicted octanol–water partition coefficient (Wildman–Crippen LogP) is 4.98. The largest absolute Gasteiger partial charge is 0.391 e. The van der Waals surface area contributed by atoms with Gasteiger partial charge >= 0.3 is 6.18 Å². The molecular weight excluding hydrogens is 473 g/mol. The van der Waals surface area contributed by atoms with Gasteiger partial charge in [-0.1, -0.05) is 18.2 Å². The van der Waals surface area contributed by atoms with E-state index in [-0.39, 0.29) is 60.6 Å². The van der Waals surface area contributed by atoms with E-state index in [1.54, 1.807) is 12.1 Å². The summed E-state index contributed by atoms with van der Waals surface area (Å²) in [5, 5.41) is 6.57. The highest BCUT2D eigenvalue weighted by Crippen LogP contribution is 2.42. The summed E-state index contributed by atoms with van der Waals surface area (Å²) in [7, 11) is 0. The fourth-order valence-corrected chi connectivity index (χ4v) is 3.70. The minimum atomic E-state index is -4.09. The molecule has 0 radical (unpaired) electrons. The zero-order valence-electron chi connectivity index (χ0n) is 15.2. The lowest BCUT2D eigenvalue weighted by molar-refractivity contribution is -0.182. The van der Waals surface area contributed by atoms with Crippen molar-refractivity contribution in [3.05, 3.63) is 35.6 Å². The van der Waals surface area contributed by atoms with E-state index in [2.05, 4.69) is 15.6 Å². The Hall–Kier alpha value is -1.06. The van der Waals surface area contributed by atoms with Gasteiger partial charge in [-0.3, -0.25) is 4.99 Å². The number of hydrogen-bond acceptors (Lipinski definition) is 1. The molecule has 27 heavy (non-hydrogen) atoms. The summed E-state index contributed by atoms with van der Waals surface area (Å²) in [5.74, 6) is -0.657. The molecular formula is C19H26F4IN3. The third-order valence-electron chi connectivity index (χ3n) is 5.26. The Morgan fingerprint density at radius 1 is 1.11 bits per heavy atom. The fourth-order valence-electron chi connectivity index (χ4n) is 3.70. The van der Waals surface area contributed by atoms with Gasteiger partial charge in [0.2, 0.25) is 0 Å². The van der Waals surface area contributed by atoms with Gasteiger partial charge in [0, 0.05) is 24.5 Å². The van der Waals surface area contributed by atoms with Crippen molar-refractivity contribution >= 4 is 29.9 Å². The van der Waals surface area contributed by atoms with Crippen LogP contribution in [0.2, 0.25) is 0 Å². The van der Waals surface area contributed by atoms with Crippen molar-refractivity contribution in [2.75, 3.05) is 6.54 Å². The zero-order chi connectivity index (χ0) is 18.7. The lowest BCUT2D eigenvalue weighted by Gasteiger charge is -2.31. The number of benzene rings is 1. The molecule has 3 rings (SSSR count). The summed E-state index contributed by atoms with van der Waals surface area (Å²) in [6.45, 7) is 2.48. The molecule has 0 saturated heterocycles. The third kappa shape index (κ3) is 5.96. The van der Waals surface area contributed by atoms with E-state index < -0.39 is 12.1 Å². The number of hydrogen-bond donors (Lipinski definition) is 2. The van der Waals surface area contributed by atoms with E-state index in [0.717, 1.165) is 6.42 Å². The molecule has 8 heteroatoms. The molecule has 2 atom stereocenters. The molecule has 0 aliphatic heterocycles. The van der Waals surface area contributed by atoms with Crippen molar-refractivity contribution in [1.29, 1.82) is 0 Å². The van der Waals surface area contributed by atoms with Gasteiger partial charge in [0.15, 0.2) is 5.96 Å². The van der Waals surface area contributed by atoms with Crippen molar-refractivity contribution in [3.8, 4) is 0 Å². The lowest BCUT2D eigenvalue weighted by Crippen LogP contribution is -2.46. The Labute approximate surface area is 174 Å². The first-order valence-electron chi connectivity index (χ1n) is 9.27. The Morgan fingerprint density at radius 2 is 1.78 bits per heavy atom. The first kappa shape index (κ1) is 22.2. The van der Waals surface area contributed by atoms with E-state index >= 15 is 0 Å². The Morgan fingerprint density at radius 3 is 2.37 bits per heavy atom. The van der Waals surface area contributed by atoms with Gasteiger partial charge in [0.25, 0.3) is 0 Å². The maximum absolute atomic E-state index is 13.9. The van der Waals surface area contributed by atoms with Gasteiger partial charge in [-0.05, 0) is 50.7 Å². The van der Waals surface area contributed by atoms with Crippen molar-refractivity contribution < 1.29 is 17.6 Å². The quantitative estimate of drug-likeness (QED) is 0.266. The van der Waals surface area contributed by atoms with Crippen LogP contribution in [0.5, 0.6) is 0 Å². The number of nitrogens with zero attached hydrogens (tertiary/aromatic N) is 1. The Kier molecular flexibility index (Phi) is 7.76. The van der Waals surface area contributed by atoms with Crippen molar-refractivity contribution in [3.63, 3.8) is 0 Å². The van der Waals surface area contributed by atoms with E-state index in [1.165, 1.54) is 6.07 Å². The minimum absolute atomic E-state index is 0. The molecule has 2 aliphatic carbocycles. The van der Waals surface area contributed by atoms with Crippen molar-refractivity contribution in [2.24, 2.45) is 10.9 Å². The summed E-state index contributed by atoms with van der Waals surface area (Å²) in [6.07, 6.45) is -1.99. The van der Waals surface area contributed by atoms with Crippen LogP contribution in [0.3, 0.4) is 0 Å². The number of alkyl halides is 3. The summed E-state index contributed by atoms with van der Waals surface area (Å²) >= 11 is 0. The number of halogens is 5. The highest BCUT2D eigenvalue weighted by atomic mass is 127. The Bertz CT molecular complexity index is 642. The van der Waals surface area contributed by atoms with Gasteiger partial charge in [-0.15, -0.1) is 24.0 Å². The van der Waals surface area contributed by atoms with Gasteiger partial charge in [-0.2, -0.15) is 13.2 Å². The molecule has 2 saturated carbocycles. The monoisotopic (exact) mass is 499 g/mol. The normalized spacial score (nSPS) is 28.3. The predicted molar refractivity (Wildman–Crippen MR) is 109 cm³/mol. The molecule has 0 amide bonds. The van der Waals surface area contributed by atoms with E-state index in [0.29, 0.717) is 30.9 Å². The molecule has 0 heterocycles. The highest BCUT2D eigenvalue weighted by molar-refractivity contribution is 14.0. The molecule has 0 bridgehead atoms. The SMILES string of the molecule is CCN=C(NC1CCC(C(F)(F)F)CC1)NC1CC1c1ccccc1F.I. The second-order valence-corrected chi connectivity index (χ2v) is 7.17. The molecule has 1 aromatic carbocycles. The molecule has 3 nitrogen and oxygen atoms in total. The molecule has 2 fully saturated rings. The van der Waals surface area contributed by atoms with Crippen LogP contribution < -0.4 is 10.6 Å². The van der Waals surface area contributed by atoms with Gasteiger partial charge in [0.05, 0.1) is 5.92 Å². The third-order valence-corrected chi connectivity index (χ3v) is 5.26. The summed E-state index contributed by atoms with van der Waals surface area (Å²) in [6, 6.07) is 6.86. The molecule has 1 aromatic rings. The van der Waals surface area contributed by atoms with Crippen LogP contribution in [0.1, 0.15) is 50.5 Å². The standard InChI is InChI=1S/C19H25F4N3.HI/c1-2-24-18(25-13-9-7-12(8-10-13)19(21,22)23)26-17-11-15(17)14-5-3-4-6-16(14)20;/h3-6,12-13,15,17H,2,7-11H2,1H3,(H2,24,25,26);1H. The van der Waals surface area contributed by atoms with E-state index in [1.807, 2.05) is 13.0 Å². The van der Waals surface area contributed by atoms with Crippen molar-refractivity contribution in [1.82, 2.24) is 10.6 Å². The second-order valence-electron chi connectivity index (χ2n) is 7.17. The van der Waals surface area contributed by atoms with Crippen molar-refractivity contribution in [2.45, 2.75) is 63.2 Å². The zero-order valence-corrected chi connectivity index (χ0v) is 17.6. The first-order valence-corrected chi connectivity index (χ1v) is 9.27. The van der Waals surface area contributed by atoms with Gasteiger partial charge in [0.1, 0.15) is 5.82 Å². The molecule has 0 spiro atoms. The van der Waals surface area contributed by atoms with Crippen LogP contribution in [-0.2, 0) is 0 Å². The summed E-state index contributed by atoms with van der Waals surface area (Å²) in [4.78, 5) is 4.40. The second kappa shape index (κ2) is 9.43. The fraction of sp³-hybridized carbons (Fsp3) is 0.632. The van der Waals surface area contributed by atoms with Gasteiger partial charge in [-0.25, -0.2) is 4.39 Å². The number of guanidine groups is 1. The molecule has 2 aliphatic rings. The van der Waals surface area contributed by atoms with Crippen LogP contribution in [0.25, 0.3) is 0 Å². The average Bonchev–Trinajstić information content (AvgIpc) is 3.34. The van der Waals surface area contributed by atoms with Crippen LogP contribution in [0, 0.1) is 11.7 Å². The maximum Gasteiger partial charge on any atom is 0.391 e. The molecule has 0 aromatic heterocycles. The maximum atomic E-state index is 13.9. The smallest absolute Gasteiger partial charge is 0.354 e. The topological polar surface area (TPSA) is 36.4 Å². The highest BCUT2D eigenvalue weighted by Gasteiger charge is 2.42. The molecule has 2 N–H and O–H groups in total. The van der Waals surface area contributed by atoms with E-state index in [9.17, 15) is 17.6 Å². The van der Waals surface area contributed by atoms with Gasteiger partial charge < -0.3 is 10.6 Å². The van der Waals surface area contributed by atoms with Crippen LogP contribution in [-0.4, -0.2) is 30.8 Å². The molecule has 152 valence electrons. The lowest BCUT2D eigenvalue weighted by atomic mass is 9.85. The van der Waals surface area contributed by atoms with Crippen LogP contribution in [0.4, 0.5) is 17.6 Å². The van der Waals surface area contributed by atoms with Crippen LogP contribution >= 0.6 is 24.0 Å². The number of rotatable bonds is 4. The number of nitrogens with one attached hydrogen (secondary N) is 2.